The molecule has 6 rings (SSSR count). The normalized spacial score (nSPS) is 45.2. The summed E-state index contributed by atoms with van der Waals surface area (Å²) in [5, 5.41) is 31.0. The summed E-state index contributed by atoms with van der Waals surface area (Å²) in [6, 6.07) is 8.12. The first kappa shape index (κ1) is 43.4. The summed E-state index contributed by atoms with van der Waals surface area (Å²) in [5.74, 6) is -4.24. The third-order valence-electron chi connectivity index (χ3n) is 14.4. The van der Waals surface area contributed by atoms with Crippen molar-refractivity contribution in [3.05, 3.63) is 34.3 Å². The smallest absolute Gasteiger partial charge is 0.308 e. The number of hydrogen-bond donors (Lipinski definition) is 3. The van der Waals surface area contributed by atoms with E-state index >= 15 is 0 Å². The molecule has 17 atom stereocenters. The Kier molecular flexibility index (Phi) is 13.3. The van der Waals surface area contributed by atoms with Crippen molar-refractivity contribution in [1.29, 1.82) is 0 Å². The van der Waals surface area contributed by atoms with Gasteiger partial charge in [0.15, 0.2) is 11.6 Å². The lowest BCUT2D eigenvalue weighted by atomic mass is 9.78. The lowest BCUT2D eigenvalue weighted by Gasteiger charge is -2.50. The fraction of sp³-hybridized carbons (Fsp3) is 0.837. The summed E-state index contributed by atoms with van der Waals surface area (Å²) >= 11 is 3.52. The predicted octanol–water partition coefficient (Wildman–Crippen LogP) is 7.26. The number of carboxylic acid groups (broad SMARTS) is 1. The molecule has 1 spiro atoms. The molecule has 12 heteroatoms. The van der Waals surface area contributed by atoms with Crippen LogP contribution in [0.25, 0.3) is 0 Å². The number of aliphatic hydroxyl groups is 2. The largest absolute Gasteiger partial charge is 0.481 e. The summed E-state index contributed by atoms with van der Waals surface area (Å²) in [4.78, 5) is 12.1. The number of aliphatic hydroxyl groups excluding tert-OH is 1. The van der Waals surface area contributed by atoms with Gasteiger partial charge in [-0.2, -0.15) is 0 Å². The zero-order chi connectivity index (χ0) is 40.1. The van der Waals surface area contributed by atoms with Crippen LogP contribution in [0.5, 0.6) is 0 Å². The van der Waals surface area contributed by atoms with Crippen LogP contribution in [-0.4, -0.2) is 101 Å². The highest BCUT2D eigenvalue weighted by Gasteiger charge is 2.62. The Hall–Kier alpha value is -1.19. The molecular formula is C43H67BrO11. The van der Waals surface area contributed by atoms with Crippen LogP contribution in [0.1, 0.15) is 112 Å². The third kappa shape index (κ3) is 8.48. The van der Waals surface area contributed by atoms with E-state index in [1.165, 1.54) is 0 Å². The highest BCUT2D eigenvalue weighted by molar-refractivity contribution is 9.10. The van der Waals surface area contributed by atoms with Gasteiger partial charge in [0.25, 0.3) is 0 Å². The van der Waals surface area contributed by atoms with Gasteiger partial charge in [0.05, 0.1) is 73.1 Å². The van der Waals surface area contributed by atoms with Crippen molar-refractivity contribution in [2.75, 3.05) is 13.7 Å². The number of rotatable bonds is 13. The SMILES string of the molecule is CC[C@@]1([C@@H]2O[C@@H]([C@H]3O[C@@](O)(CO)[C@H](C)C[C@@H]3C)C[C@@H]2C)CC[C@H]([C@]2(C)CC[C@]3(C[C@H](OCc4ccc(Br)cc4)[C@@H](C)[C@@H]([C@@H](C)[C@@H](OC)[C@H](C)C(=O)O)O3)O2)O1. The molecule has 5 aliphatic heterocycles. The molecule has 0 unspecified atom stereocenters. The molecule has 5 saturated heterocycles. The second-order valence-corrected chi connectivity index (χ2v) is 19.1. The fourth-order valence-corrected chi connectivity index (χ4v) is 11.2. The van der Waals surface area contributed by atoms with Crippen LogP contribution < -0.4 is 0 Å². The summed E-state index contributed by atoms with van der Waals surface area (Å²) in [6.07, 6.45) is 3.89. The van der Waals surface area contributed by atoms with Crippen molar-refractivity contribution >= 4 is 21.9 Å². The summed E-state index contributed by atoms with van der Waals surface area (Å²) in [5.41, 5.74) is -0.0732. The molecule has 11 nitrogen and oxygen atoms in total. The number of halogens is 1. The lowest BCUT2D eigenvalue weighted by molar-refractivity contribution is -0.340. The van der Waals surface area contributed by atoms with Gasteiger partial charge in [0.1, 0.15) is 0 Å². The average molecular weight is 840 g/mol. The third-order valence-corrected chi connectivity index (χ3v) is 14.9. The second kappa shape index (κ2) is 16.8. The Morgan fingerprint density at radius 2 is 1.73 bits per heavy atom. The second-order valence-electron chi connectivity index (χ2n) is 18.2. The number of aliphatic carboxylic acids is 1. The summed E-state index contributed by atoms with van der Waals surface area (Å²) in [7, 11) is 1.57. The summed E-state index contributed by atoms with van der Waals surface area (Å²) < 4.78 is 48.2. The Morgan fingerprint density at radius 3 is 2.36 bits per heavy atom. The van der Waals surface area contributed by atoms with Crippen molar-refractivity contribution in [3.8, 4) is 0 Å². The molecule has 5 heterocycles. The van der Waals surface area contributed by atoms with Crippen molar-refractivity contribution in [2.45, 2.75) is 179 Å². The first-order valence-corrected chi connectivity index (χ1v) is 21.6. The van der Waals surface area contributed by atoms with E-state index in [2.05, 4.69) is 62.7 Å². The first-order valence-electron chi connectivity index (χ1n) is 20.8. The number of carbonyl (C=O) groups is 1. The van der Waals surface area contributed by atoms with Gasteiger partial charge in [0.2, 0.25) is 0 Å². The molecule has 0 amide bonds. The first-order chi connectivity index (χ1) is 25.9. The van der Waals surface area contributed by atoms with Gasteiger partial charge in [0, 0.05) is 42.2 Å². The molecular weight excluding hydrogens is 772 g/mol. The van der Waals surface area contributed by atoms with Crippen LogP contribution in [0.4, 0.5) is 0 Å². The predicted molar refractivity (Wildman–Crippen MR) is 209 cm³/mol. The van der Waals surface area contributed by atoms with Crippen LogP contribution in [0.15, 0.2) is 28.7 Å². The number of ether oxygens (including phenoxy) is 7. The Morgan fingerprint density at radius 1 is 1.02 bits per heavy atom. The summed E-state index contributed by atoms with van der Waals surface area (Å²) in [6.45, 7) is 16.4. The quantitative estimate of drug-likeness (QED) is 0.185. The van der Waals surface area contributed by atoms with Crippen LogP contribution >= 0.6 is 15.9 Å². The Balaban J connectivity index is 1.19. The molecule has 0 saturated carbocycles. The maximum absolute atomic E-state index is 12.1. The van der Waals surface area contributed by atoms with Crippen molar-refractivity contribution in [3.63, 3.8) is 0 Å². The monoisotopic (exact) mass is 838 g/mol. The molecule has 5 fully saturated rings. The van der Waals surface area contributed by atoms with E-state index in [0.29, 0.717) is 19.4 Å². The van der Waals surface area contributed by atoms with E-state index in [1.807, 2.05) is 26.0 Å². The van der Waals surface area contributed by atoms with Crippen LogP contribution in [-0.2, 0) is 44.6 Å². The fourth-order valence-electron chi connectivity index (χ4n) is 10.9. The highest BCUT2D eigenvalue weighted by atomic mass is 79.9. The molecule has 0 aliphatic carbocycles. The van der Waals surface area contributed by atoms with Gasteiger partial charge >= 0.3 is 5.97 Å². The van der Waals surface area contributed by atoms with Crippen LogP contribution in [0.3, 0.4) is 0 Å². The molecule has 0 aromatic heterocycles. The van der Waals surface area contributed by atoms with E-state index in [-0.39, 0.29) is 66.2 Å². The average Bonchev–Trinajstić information content (AvgIpc) is 3.87. The molecule has 3 N–H and O–H groups in total. The van der Waals surface area contributed by atoms with Crippen molar-refractivity contribution < 1.29 is 53.3 Å². The standard InChI is InChI=1S/C43H67BrO11/c1-10-41(38-25(3)20-32(51-38)35-24(2)19-26(4)43(48,23-45)54-35)16-15-34(52-41)40(8)17-18-42(55-40)21-33(50-22-30-11-13-31(44)14-12-30)27(5)37(53-42)28(6)36(49-9)29(7)39(46)47/h11-14,24-29,32-38,45,48H,10,15-23H2,1-9H3,(H,46,47)/t24-,25-,26+,27+,28-,29-,32+,33-,34+,35-,36+,37-,38+,40-,41-,42+,43-/m0/s1. The molecule has 312 valence electrons. The Labute approximate surface area is 336 Å². The highest BCUT2D eigenvalue weighted by Crippen LogP contribution is 2.55. The van der Waals surface area contributed by atoms with E-state index < -0.39 is 47.4 Å². The van der Waals surface area contributed by atoms with E-state index in [9.17, 15) is 20.1 Å². The number of benzene rings is 1. The van der Waals surface area contributed by atoms with E-state index in [1.54, 1.807) is 14.0 Å². The minimum atomic E-state index is -1.57. The molecule has 55 heavy (non-hydrogen) atoms. The van der Waals surface area contributed by atoms with Gasteiger partial charge in [-0.1, -0.05) is 69.6 Å². The van der Waals surface area contributed by atoms with Gasteiger partial charge in [-0.05, 0) is 81.9 Å². The van der Waals surface area contributed by atoms with Gasteiger partial charge in [-0.3, -0.25) is 4.79 Å². The topological polar surface area (TPSA) is 142 Å². The maximum atomic E-state index is 12.1. The van der Waals surface area contributed by atoms with E-state index in [4.69, 9.17) is 33.2 Å². The minimum absolute atomic E-state index is 0.0537. The van der Waals surface area contributed by atoms with Crippen molar-refractivity contribution in [2.24, 2.45) is 35.5 Å². The maximum Gasteiger partial charge on any atom is 0.308 e. The molecule has 0 radical (unpaired) electrons. The minimum Gasteiger partial charge on any atom is -0.481 e. The Bertz CT molecular complexity index is 1460. The molecule has 1 aromatic carbocycles. The number of carboxylic acids is 1. The zero-order valence-electron chi connectivity index (χ0n) is 34.4. The van der Waals surface area contributed by atoms with Gasteiger partial charge in [-0.25, -0.2) is 0 Å². The van der Waals surface area contributed by atoms with E-state index in [0.717, 1.165) is 48.6 Å². The zero-order valence-corrected chi connectivity index (χ0v) is 36.0. The lowest BCUT2D eigenvalue weighted by Crippen LogP contribution is -2.57. The van der Waals surface area contributed by atoms with Gasteiger partial charge in [-0.15, -0.1) is 0 Å². The number of hydrogen-bond acceptors (Lipinski definition) is 10. The molecule has 1 aromatic rings. The molecule has 5 aliphatic rings. The van der Waals surface area contributed by atoms with Crippen LogP contribution in [0, 0.1) is 35.5 Å². The number of methoxy groups -OCH3 is 1. The molecule has 0 bridgehead atoms. The van der Waals surface area contributed by atoms with Crippen LogP contribution in [0.2, 0.25) is 0 Å². The van der Waals surface area contributed by atoms with Gasteiger partial charge < -0.3 is 48.5 Å². The van der Waals surface area contributed by atoms with Crippen molar-refractivity contribution in [1.82, 2.24) is 0 Å².